The van der Waals surface area contributed by atoms with Gasteiger partial charge in [-0.2, -0.15) is 5.26 Å². The molecular weight excluding hydrogens is 304 g/mol. The molecule has 0 fully saturated rings. The van der Waals surface area contributed by atoms with Gasteiger partial charge in [0.25, 0.3) is 5.91 Å². The Bertz CT molecular complexity index is 833. The maximum Gasteiger partial charge on any atom is 0.266 e. The molecule has 0 spiro atoms. The molecule has 1 N–H and O–H groups in total. The third-order valence-electron chi connectivity index (χ3n) is 3.55. The van der Waals surface area contributed by atoms with Gasteiger partial charge in [-0.15, -0.1) is 0 Å². The number of nitrogens with one attached hydrogen (secondary N) is 1. The van der Waals surface area contributed by atoms with E-state index in [4.69, 9.17) is 9.47 Å². The summed E-state index contributed by atoms with van der Waals surface area (Å²) in [5.41, 5.74) is 2.50. The molecule has 0 radical (unpaired) electrons. The van der Waals surface area contributed by atoms with E-state index in [1.165, 1.54) is 0 Å². The van der Waals surface area contributed by atoms with E-state index in [-0.39, 0.29) is 5.57 Å². The number of nitriles is 1. The van der Waals surface area contributed by atoms with Gasteiger partial charge in [0, 0.05) is 11.8 Å². The Labute approximate surface area is 140 Å². The molecule has 0 aromatic heterocycles. The number of nitrogens with zero attached hydrogens (tertiary/aromatic N) is 1. The number of hydrogen-bond donors (Lipinski definition) is 1. The van der Waals surface area contributed by atoms with E-state index in [1.807, 2.05) is 37.3 Å². The van der Waals surface area contributed by atoms with Gasteiger partial charge in [0.15, 0.2) is 11.5 Å². The first-order valence-corrected chi connectivity index (χ1v) is 7.55. The van der Waals surface area contributed by atoms with Crippen LogP contribution < -0.4 is 14.8 Å². The monoisotopic (exact) mass is 320 g/mol. The number of aryl methyl sites for hydroxylation is 1. The van der Waals surface area contributed by atoms with Crippen LogP contribution in [-0.4, -0.2) is 19.1 Å². The quantitative estimate of drug-likeness (QED) is 0.695. The number of benzene rings is 2. The van der Waals surface area contributed by atoms with Crippen molar-refractivity contribution in [3.05, 3.63) is 59.2 Å². The molecule has 1 aliphatic heterocycles. The van der Waals surface area contributed by atoms with Gasteiger partial charge in [-0.05, 0) is 30.7 Å². The SMILES string of the molecule is Cc1ccc(/C=C(\C#N)C(=O)Nc2ccc3c(c2)OCCO3)cc1. The predicted molar refractivity (Wildman–Crippen MR) is 90.8 cm³/mol. The van der Waals surface area contributed by atoms with E-state index in [0.29, 0.717) is 30.4 Å². The number of ether oxygens (including phenoxy) is 2. The summed E-state index contributed by atoms with van der Waals surface area (Å²) in [6, 6.07) is 14.7. The maximum atomic E-state index is 12.3. The summed E-state index contributed by atoms with van der Waals surface area (Å²) in [5.74, 6) is 0.768. The van der Waals surface area contributed by atoms with Crippen LogP contribution >= 0.6 is 0 Å². The summed E-state index contributed by atoms with van der Waals surface area (Å²) in [5, 5.41) is 12.0. The molecule has 1 heterocycles. The number of carbonyl (C=O) groups excluding carboxylic acids is 1. The lowest BCUT2D eigenvalue weighted by atomic mass is 10.1. The molecule has 2 aromatic rings. The summed E-state index contributed by atoms with van der Waals surface area (Å²) in [4.78, 5) is 12.3. The van der Waals surface area contributed by atoms with E-state index < -0.39 is 5.91 Å². The van der Waals surface area contributed by atoms with Gasteiger partial charge < -0.3 is 14.8 Å². The zero-order valence-electron chi connectivity index (χ0n) is 13.2. The summed E-state index contributed by atoms with van der Waals surface area (Å²) < 4.78 is 10.9. The molecule has 0 saturated heterocycles. The highest BCUT2D eigenvalue weighted by Gasteiger charge is 2.14. The highest BCUT2D eigenvalue weighted by molar-refractivity contribution is 6.09. The number of amides is 1. The lowest BCUT2D eigenvalue weighted by Crippen LogP contribution is -2.17. The maximum absolute atomic E-state index is 12.3. The van der Waals surface area contributed by atoms with Crippen LogP contribution in [0.5, 0.6) is 11.5 Å². The second kappa shape index (κ2) is 6.88. The van der Waals surface area contributed by atoms with Crippen molar-refractivity contribution in [1.82, 2.24) is 0 Å². The minimum Gasteiger partial charge on any atom is -0.486 e. The smallest absolute Gasteiger partial charge is 0.266 e. The van der Waals surface area contributed by atoms with Gasteiger partial charge in [0.1, 0.15) is 24.9 Å². The van der Waals surface area contributed by atoms with Gasteiger partial charge in [-0.3, -0.25) is 4.79 Å². The van der Waals surface area contributed by atoms with Crippen molar-refractivity contribution >= 4 is 17.7 Å². The summed E-state index contributed by atoms with van der Waals surface area (Å²) in [7, 11) is 0. The highest BCUT2D eigenvalue weighted by Crippen LogP contribution is 2.32. The Kier molecular flexibility index (Phi) is 4.48. The van der Waals surface area contributed by atoms with Crippen molar-refractivity contribution in [3.8, 4) is 17.6 Å². The van der Waals surface area contributed by atoms with Gasteiger partial charge in [0.05, 0.1) is 0 Å². The second-order valence-electron chi connectivity index (χ2n) is 5.39. The average molecular weight is 320 g/mol. The Hall–Kier alpha value is -3.26. The zero-order chi connectivity index (χ0) is 16.9. The molecule has 24 heavy (non-hydrogen) atoms. The van der Waals surface area contributed by atoms with Crippen LogP contribution in [0.15, 0.2) is 48.0 Å². The van der Waals surface area contributed by atoms with E-state index >= 15 is 0 Å². The topological polar surface area (TPSA) is 71.4 Å². The molecule has 1 amide bonds. The van der Waals surface area contributed by atoms with Crippen LogP contribution in [0.25, 0.3) is 6.08 Å². The minimum atomic E-state index is -0.463. The van der Waals surface area contributed by atoms with Crippen molar-refractivity contribution < 1.29 is 14.3 Å². The molecule has 120 valence electrons. The summed E-state index contributed by atoms with van der Waals surface area (Å²) in [6.45, 7) is 2.96. The van der Waals surface area contributed by atoms with Crippen molar-refractivity contribution in [2.75, 3.05) is 18.5 Å². The first-order valence-electron chi connectivity index (χ1n) is 7.55. The lowest BCUT2D eigenvalue weighted by Gasteiger charge is -2.18. The number of carbonyl (C=O) groups is 1. The largest absolute Gasteiger partial charge is 0.486 e. The fourth-order valence-electron chi connectivity index (χ4n) is 2.30. The fourth-order valence-corrected chi connectivity index (χ4v) is 2.30. The standard InChI is InChI=1S/C19H16N2O3/c1-13-2-4-14(5-3-13)10-15(12-20)19(22)21-16-6-7-17-18(11-16)24-9-8-23-17/h2-7,10-11H,8-9H2,1H3,(H,21,22)/b15-10+. The minimum absolute atomic E-state index is 0.0359. The van der Waals surface area contributed by atoms with Crippen LogP contribution in [0.2, 0.25) is 0 Å². The van der Waals surface area contributed by atoms with E-state index in [2.05, 4.69) is 5.32 Å². The van der Waals surface area contributed by atoms with Crippen molar-refractivity contribution in [2.45, 2.75) is 6.92 Å². The molecule has 5 heteroatoms. The van der Waals surface area contributed by atoms with Crippen molar-refractivity contribution in [3.63, 3.8) is 0 Å². The molecule has 0 bridgehead atoms. The normalized spacial score (nSPS) is 13.1. The number of hydrogen-bond acceptors (Lipinski definition) is 4. The van der Waals surface area contributed by atoms with Crippen LogP contribution in [-0.2, 0) is 4.79 Å². The Morgan fingerprint density at radius 1 is 1.12 bits per heavy atom. The lowest BCUT2D eigenvalue weighted by molar-refractivity contribution is -0.112. The van der Waals surface area contributed by atoms with Crippen molar-refractivity contribution in [1.29, 1.82) is 5.26 Å². The summed E-state index contributed by atoms with van der Waals surface area (Å²) in [6.07, 6.45) is 1.56. The number of anilines is 1. The van der Waals surface area contributed by atoms with Crippen molar-refractivity contribution in [2.24, 2.45) is 0 Å². The first kappa shape index (κ1) is 15.6. The predicted octanol–water partition coefficient (Wildman–Crippen LogP) is 3.31. The fraction of sp³-hybridized carbons (Fsp3) is 0.158. The van der Waals surface area contributed by atoms with Crippen LogP contribution in [0, 0.1) is 18.3 Å². The van der Waals surface area contributed by atoms with Gasteiger partial charge in [-0.1, -0.05) is 29.8 Å². The third-order valence-corrected chi connectivity index (χ3v) is 3.55. The van der Waals surface area contributed by atoms with E-state index in [0.717, 1.165) is 11.1 Å². The molecule has 3 rings (SSSR count). The molecule has 2 aromatic carbocycles. The van der Waals surface area contributed by atoms with Gasteiger partial charge >= 0.3 is 0 Å². The average Bonchev–Trinajstić information content (AvgIpc) is 2.61. The molecular formula is C19H16N2O3. The molecule has 0 atom stereocenters. The zero-order valence-corrected chi connectivity index (χ0v) is 13.2. The first-order chi connectivity index (χ1) is 11.7. The van der Waals surface area contributed by atoms with Gasteiger partial charge in [0.2, 0.25) is 0 Å². The molecule has 1 aliphatic rings. The molecule has 0 aliphatic carbocycles. The Morgan fingerprint density at radius 2 is 1.83 bits per heavy atom. The Balaban J connectivity index is 1.77. The van der Waals surface area contributed by atoms with E-state index in [9.17, 15) is 10.1 Å². The second-order valence-corrected chi connectivity index (χ2v) is 5.39. The van der Waals surface area contributed by atoms with E-state index in [1.54, 1.807) is 24.3 Å². The summed E-state index contributed by atoms with van der Waals surface area (Å²) >= 11 is 0. The number of fused-ring (bicyclic) bond motifs is 1. The molecule has 0 unspecified atom stereocenters. The van der Waals surface area contributed by atoms with Crippen LogP contribution in [0.4, 0.5) is 5.69 Å². The highest BCUT2D eigenvalue weighted by atomic mass is 16.6. The van der Waals surface area contributed by atoms with Gasteiger partial charge in [-0.25, -0.2) is 0 Å². The number of rotatable bonds is 3. The van der Waals surface area contributed by atoms with Crippen LogP contribution in [0.3, 0.4) is 0 Å². The Morgan fingerprint density at radius 3 is 2.54 bits per heavy atom. The molecule has 5 nitrogen and oxygen atoms in total. The third kappa shape index (κ3) is 3.55. The van der Waals surface area contributed by atoms with Crippen LogP contribution in [0.1, 0.15) is 11.1 Å². The molecule has 0 saturated carbocycles.